The second kappa shape index (κ2) is 8.49. The summed E-state index contributed by atoms with van der Waals surface area (Å²) < 4.78 is 10.9. The minimum atomic E-state index is 0.495. The predicted molar refractivity (Wildman–Crippen MR) is 108 cm³/mol. The number of ether oxygens (including phenoxy) is 2. The highest BCUT2D eigenvalue weighted by Crippen LogP contribution is 2.28. The SMILES string of the molecule is C=C(/C=C\C=C\Oc1ncnc2[nH]c(-c3ccc(OC)cc3)cc12)CBr. The zero-order chi connectivity index (χ0) is 18.4. The molecule has 0 aliphatic heterocycles. The van der Waals surface area contributed by atoms with Crippen molar-refractivity contribution in [2.24, 2.45) is 0 Å². The Hall–Kier alpha value is -2.86. The van der Waals surface area contributed by atoms with Crippen molar-refractivity contribution in [3.8, 4) is 22.9 Å². The van der Waals surface area contributed by atoms with Gasteiger partial charge in [0.25, 0.3) is 0 Å². The minimum Gasteiger partial charge on any atom is -0.497 e. The van der Waals surface area contributed by atoms with Crippen molar-refractivity contribution in [3.05, 3.63) is 73.3 Å². The quantitative estimate of drug-likeness (QED) is 0.336. The maximum absolute atomic E-state index is 5.66. The van der Waals surface area contributed by atoms with E-state index in [-0.39, 0.29) is 0 Å². The van der Waals surface area contributed by atoms with Gasteiger partial charge in [0.15, 0.2) is 0 Å². The highest BCUT2D eigenvalue weighted by Gasteiger charge is 2.10. The molecule has 0 bridgehead atoms. The summed E-state index contributed by atoms with van der Waals surface area (Å²) in [5.41, 5.74) is 3.67. The van der Waals surface area contributed by atoms with Gasteiger partial charge in [0.2, 0.25) is 5.88 Å². The zero-order valence-corrected chi connectivity index (χ0v) is 15.9. The molecule has 1 N–H and O–H groups in total. The van der Waals surface area contributed by atoms with Crippen molar-refractivity contribution in [3.63, 3.8) is 0 Å². The molecule has 0 saturated carbocycles. The van der Waals surface area contributed by atoms with E-state index in [2.05, 4.69) is 37.5 Å². The highest BCUT2D eigenvalue weighted by atomic mass is 79.9. The lowest BCUT2D eigenvalue weighted by atomic mass is 10.1. The molecule has 0 spiro atoms. The first-order chi connectivity index (χ1) is 12.7. The average Bonchev–Trinajstić information content (AvgIpc) is 3.12. The topological polar surface area (TPSA) is 60.0 Å². The van der Waals surface area contributed by atoms with Crippen molar-refractivity contribution in [1.82, 2.24) is 15.0 Å². The maximum atomic E-state index is 5.66. The molecule has 1 aromatic carbocycles. The zero-order valence-electron chi connectivity index (χ0n) is 14.3. The Balaban J connectivity index is 1.81. The Kier molecular flexibility index (Phi) is 5.86. The number of aromatic amines is 1. The molecule has 0 unspecified atom stereocenters. The number of benzene rings is 1. The molecule has 0 aliphatic carbocycles. The lowest BCUT2D eigenvalue weighted by Crippen LogP contribution is -1.88. The normalized spacial score (nSPS) is 11.5. The first-order valence-corrected chi connectivity index (χ1v) is 9.05. The van der Waals surface area contributed by atoms with Gasteiger partial charge in [0.05, 0.1) is 18.8 Å². The first-order valence-electron chi connectivity index (χ1n) is 7.93. The summed E-state index contributed by atoms with van der Waals surface area (Å²) in [5.74, 6) is 1.31. The number of nitrogens with zero attached hydrogens (tertiary/aromatic N) is 2. The summed E-state index contributed by atoms with van der Waals surface area (Å²) in [6.45, 7) is 3.87. The molecule has 5 nitrogen and oxygen atoms in total. The summed E-state index contributed by atoms with van der Waals surface area (Å²) in [5, 5.41) is 1.55. The number of fused-ring (bicyclic) bond motifs is 1. The van der Waals surface area contributed by atoms with Gasteiger partial charge in [-0.05, 0) is 47.5 Å². The van der Waals surface area contributed by atoms with Crippen molar-refractivity contribution in [1.29, 1.82) is 0 Å². The van der Waals surface area contributed by atoms with E-state index in [1.54, 1.807) is 19.4 Å². The van der Waals surface area contributed by atoms with Crippen LogP contribution >= 0.6 is 15.9 Å². The van der Waals surface area contributed by atoms with Gasteiger partial charge in [-0.1, -0.05) is 34.7 Å². The molecule has 0 aliphatic rings. The number of rotatable bonds is 7. The largest absolute Gasteiger partial charge is 0.497 e. The molecule has 6 heteroatoms. The van der Waals surface area contributed by atoms with Crippen LogP contribution in [0.4, 0.5) is 0 Å². The van der Waals surface area contributed by atoms with Crippen LogP contribution in [-0.4, -0.2) is 27.4 Å². The Labute approximate surface area is 160 Å². The number of allylic oxidation sites excluding steroid dienone is 4. The molecule has 26 heavy (non-hydrogen) atoms. The number of alkyl halides is 1. The lowest BCUT2D eigenvalue weighted by Gasteiger charge is -2.00. The first kappa shape index (κ1) is 17.9. The molecule has 3 rings (SSSR count). The van der Waals surface area contributed by atoms with Gasteiger partial charge in [-0.25, -0.2) is 9.97 Å². The van der Waals surface area contributed by atoms with E-state index in [0.717, 1.165) is 38.9 Å². The smallest absolute Gasteiger partial charge is 0.231 e. The van der Waals surface area contributed by atoms with Crippen LogP contribution in [0.5, 0.6) is 11.6 Å². The van der Waals surface area contributed by atoms with Crippen LogP contribution in [0, 0.1) is 0 Å². The second-order valence-corrected chi connectivity index (χ2v) is 6.01. The van der Waals surface area contributed by atoms with Crippen molar-refractivity contribution in [2.45, 2.75) is 0 Å². The van der Waals surface area contributed by atoms with Crippen molar-refractivity contribution < 1.29 is 9.47 Å². The molecule has 0 amide bonds. The third kappa shape index (κ3) is 4.21. The van der Waals surface area contributed by atoms with Crippen molar-refractivity contribution >= 4 is 27.0 Å². The van der Waals surface area contributed by atoms with Crippen LogP contribution < -0.4 is 9.47 Å². The number of halogens is 1. The van der Waals surface area contributed by atoms with Crippen LogP contribution in [0.2, 0.25) is 0 Å². The third-order valence-corrected chi connectivity index (χ3v) is 4.38. The molecule has 0 saturated heterocycles. The number of aromatic nitrogens is 3. The molecular weight excluding hydrogens is 394 g/mol. The number of H-pyrrole nitrogens is 1. The van der Waals surface area contributed by atoms with Crippen LogP contribution in [0.1, 0.15) is 0 Å². The maximum Gasteiger partial charge on any atom is 0.231 e. The summed E-state index contributed by atoms with van der Waals surface area (Å²) in [6.07, 6.45) is 8.62. The van der Waals surface area contributed by atoms with E-state index >= 15 is 0 Å². The number of methoxy groups -OCH3 is 1. The molecule has 3 aromatic rings. The summed E-state index contributed by atoms with van der Waals surface area (Å²) in [6, 6.07) is 9.78. The summed E-state index contributed by atoms with van der Waals surface area (Å²) >= 11 is 3.34. The monoisotopic (exact) mass is 411 g/mol. The Bertz CT molecular complexity index is 959. The molecular formula is C20H18BrN3O2. The number of hydrogen-bond acceptors (Lipinski definition) is 4. The molecule has 0 radical (unpaired) electrons. The van der Waals surface area contributed by atoms with Gasteiger partial charge in [0.1, 0.15) is 17.7 Å². The summed E-state index contributed by atoms with van der Waals surface area (Å²) in [4.78, 5) is 11.8. The fraction of sp³-hybridized carbons (Fsp3) is 0.100. The van der Waals surface area contributed by atoms with Crippen LogP contribution in [-0.2, 0) is 0 Å². The molecule has 2 aromatic heterocycles. The van der Waals surface area contributed by atoms with Gasteiger partial charge in [-0.2, -0.15) is 0 Å². The second-order valence-electron chi connectivity index (χ2n) is 5.45. The van der Waals surface area contributed by atoms with Gasteiger partial charge in [0, 0.05) is 11.0 Å². The highest BCUT2D eigenvalue weighted by molar-refractivity contribution is 9.09. The molecule has 0 atom stereocenters. The van der Waals surface area contributed by atoms with E-state index in [1.807, 2.05) is 42.5 Å². The number of hydrogen-bond donors (Lipinski definition) is 1. The average molecular weight is 412 g/mol. The lowest BCUT2D eigenvalue weighted by molar-refractivity contribution is 0.415. The Morgan fingerprint density at radius 1 is 1.23 bits per heavy atom. The fourth-order valence-electron chi connectivity index (χ4n) is 2.32. The Morgan fingerprint density at radius 3 is 2.77 bits per heavy atom. The van der Waals surface area contributed by atoms with Gasteiger partial charge in [-0.15, -0.1) is 0 Å². The predicted octanol–water partition coefficient (Wildman–Crippen LogP) is 5.03. The summed E-state index contributed by atoms with van der Waals surface area (Å²) in [7, 11) is 1.65. The number of nitrogens with one attached hydrogen (secondary N) is 1. The third-order valence-electron chi connectivity index (χ3n) is 3.66. The van der Waals surface area contributed by atoms with Crippen LogP contribution in [0.25, 0.3) is 22.3 Å². The molecule has 132 valence electrons. The van der Waals surface area contributed by atoms with E-state index in [4.69, 9.17) is 9.47 Å². The van der Waals surface area contributed by atoms with E-state index in [0.29, 0.717) is 5.88 Å². The van der Waals surface area contributed by atoms with Crippen LogP contribution in [0.3, 0.4) is 0 Å². The molecule has 0 fully saturated rings. The fourth-order valence-corrected chi connectivity index (χ4v) is 2.51. The minimum absolute atomic E-state index is 0.495. The van der Waals surface area contributed by atoms with Gasteiger partial charge >= 0.3 is 0 Å². The van der Waals surface area contributed by atoms with E-state index < -0.39 is 0 Å². The van der Waals surface area contributed by atoms with Crippen LogP contribution in [0.15, 0.2) is 73.3 Å². The standard InChI is InChI=1S/C20H18BrN3O2/c1-14(12-21)5-3-4-10-26-20-17-11-18(24-19(17)22-13-23-20)15-6-8-16(25-2)9-7-15/h3-11,13H,1,12H2,2H3,(H,22,23,24)/b5-3-,10-4+. The Morgan fingerprint density at radius 2 is 2.04 bits per heavy atom. The molecule has 2 heterocycles. The van der Waals surface area contributed by atoms with E-state index in [9.17, 15) is 0 Å². The van der Waals surface area contributed by atoms with Crippen molar-refractivity contribution in [2.75, 3.05) is 12.4 Å². The van der Waals surface area contributed by atoms with Gasteiger partial charge in [-0.3, -0.25) is 0 Å². The van der Waals surface area contributed by atoms with E-state index in [1.165, 1.54) is 6.33 Å². The van der Waals surface area contributed by atoms with Gasteiger partial charge < -0.3 is 14.5 Å².